The molecular weight excluding hydrogens is 242 g/mol. The second kappa shape index (κ2) is 6.57. The highest BCUT2D eigenvalue weighted by atomic mass is 32.1. The Morgan fingerprint density at radius 1 is 1.28 bits per heavy atom. The first-order valence-electron chi connectivity index (χ1n) is 6.16. The Balaban J connectivity index is 1.87. The van der Waals surface area contributed by atoms with Gasteiger partial charge in [-0.05, 0) is 41.8 Å². The molecular formula is C15H19NOS. The highest BCUT2D eigenvalue weighted by molar-refractivity contribution is 7.07. The van der Waals surface area contributed by atoms with Gasteiger partial charge in [0.15, 0.2) is 0 Å². The maximum absolute atomic E-state index is 5.35. The Bertz CT molecular complexity index is 467. The molecule has 1 unspecified atom stereocenters. The number of methoxy groups -OCH3 is 1. The largest absolute Gasteiger partial charge is 0.496 e. The molecule has 0 aliphatic carbocycles. The number of thiophene rings is 1. The molecule has 96 valence electrons. The number of nitrogens with one attached hydrogen (secondary N) is 1. The smallest absolute Gasteiger partial charge is 0.123 e. The standard InChI is InChI=1S/C15H19NOS/c1-12(9-13-7-8-18-11-13)16-10-14-5-3-4-6-15(14)17-2/h3-8,11-12,16H,9-10H2,1-2H3. The van der Waals surface area contributed by atoms with Crippen LogP contribution in [-0.2, 0) is 13.0 Å². The molecule has 1 atom stereocenters. The Morgan fingerprint density at radius 2 is 2.11 bits per heavy atom. The van der Waals surface area contributed by atoms with E-state index in [2.05, 4.69) is 35.1 Å². The molecule has 18 heavy (non-hydrogen) atoms. The van der Waals surface area contributed by atoms with E-state index in [1.165, 1.54) is 11.1 Å². The van der Waals surface area contributed by atoms with Crippen molar-refractivity contribution < 1.29 is 4.74 Å². The van der Waals surface area contributed by atoms with Crippen molar-refractivity contribution in [2.24, 2.45) is 0 Å². The van der Waals surface area contributed by atoms with Gasteiger partial charge in [-0.15, -0.1) is 0 Å². The normalized spacial score (nSPS) is 12.3. The maximum Gasteiger partial charge on any atom is 0.123 e. The number of benzene rings is 1. The van der Waals surface area contributed by atoms with E-state index in [1.807, 2.05) is 18.2 Å². The second-order valence-corrected chi connectivity index (χ2v) is 5.21. The highest BCUT2D eigenvalue weighted by Gasteiger charge is 2.06. The lowest BCUT2D eigenvalue weighted by atomic mass is 10.1. The van der Waals surface area contributed by atoms with Gasteiger partial charge in [0.05, 0.1) is 7.11 Å². The molecule has 1 aromatic heterocycles. The lowest BCUT2D eigenvalue weighted by molar-refractivity contribution is 0.405. The minimum Gasteiger partial charge on any atom is -0.496 e. The molecule has 0 amide bonds. The first-order valence-corrected chi connectivity index (χ1v) is 7.10. The summed E-state index contributed by atoms with van der Waals surface area (Å²) >= 11 is 1.75. The number of hydrogen-bond acceptors (Lipinski definition) is 3. The van der Waals surface area contributed by atoms with E-state index >= 15 is 0 Å². The summed E-state index contributed by atoms with van der Waals surface area (Å²) in [6.45, 7) is 3.06. The Morgan fingerprint density at radius 3 is 2.83 bits per heavy atom. The fourth-order valence-electron chi connectivity index (χ4n) is 1.97. The Kier molecular flexibility index (Phi) is 4.79. The van der Waals surface area contributed by atoms with Crippen molar-refractivity contribution in [3.8, 4) is 5.75 Å². The van der Waals surface area contributed by atoms with E-state index in [9.17, 15) is 0 Å². The zero-order valence-corrected chi connectivity index (χ0v) is 11.7. The summed E-state index contributed by atoms with van der Waals surface area (Å²) in [6, 6.07) is 10.8. The van der Waals surface area contributed by atoms with Gasteiger partial charge in [0.2, 0.25) is 0 Å². The molecule has 3 heteroatoms. The van der Waals surface area contributed by atoms with Crippen molar-refractivity contribution in [3.63, 3.8) is 0 Å². The van der Waals surface area contributed by atoms with Crippen LogP contribution in [0.15, 0.2) is 41.1 Å². The van der Waals surface area contributed by atoms with Gasteiger partial charge in [0.25, 0.3) is 0 Å². The quantitative estimate of drug-likeness (QED) is 0.859. The molecule has 0 aliphatic rings. The van der Waals surface area contributed by atoms with Crippen molar-refractivity contribution in [2.75, 3.05) is 7.11 Å². The van der Waals surface area contributed by atoms with Crippen LogP contribution in [0.4, 0.5) is 0 Å². The summed E-state index contributed by atoms with van der Waals surface area (Å²) in [5.74, 6) is 0.952. The van der Waals surface area contributed by atoms with E-state index in [-0.39, 0.29) is 0 Å². The van der Waals surface area contributed by atoms with Crippen molar-refractivity contribution in [1.29, 1.82) is 0 Å². The van der Waals surface area contributed by atoms with E-state index in [0.29, 0.717) is 6.04 Å². The molecule has 0 radical (unpaired) electrons. The Hall–Kier alpha value is -1.32. The summed E-state index contributed by atoms with van der Waals surface area (Å²) in [7, 11) is 1.72. The van der Waals surface area contributed by atoms with Crippen molar-refractivity contribution >= 4 is 11.3 Å². The molecule has 0 fully saturated rings. The third kappa shape index (κ3) is 3.59. The lowest BCUT2D eigenvalue weighted by Gasteiger charge is -2.14. The van der Waals surface area contributed by atoms with Crippen LogP contribution in [0.5, 0.6) is 5.75 Å². The monoisotopic (exact) mass is 261 g/mol. The molecule has 0 aliphatic heterocycles. The van der Waals surface area contributed by atoms with Crippen LogP contribution < -0.4 is 10.1 Å². The van der Waals surface area contributed by atoms with Crippen LogP contribution in [0, 0.1) is 0 Å². The third-order valence-corrected chi connectivity index (χ3v) is 3.69. The SMILES string of the molecule is COc1ccccc1CNC(C)Cc1ccsc1. The predicted octanol–water partition coefficient (Wildman–Crippen LogP) is 3.48. The van der Waals surface area contributed by atoms with Gasteiger partial charge < -0.3 is 10.1 Å². The molecule has 0 saturated heterocycles. The summed E-state index contributed by atoms with van der Waals surface area (Å²) in [4.78, 5) is 0. The zero-order chi connectivity index (χ0) is 12.8. The summed E-state index contributed by atoms with van der Waals surface area (Å²) in [5, 5.41) is 7.87. The molecule has 1 N–H and O–H groups in total. The zero-order valence-electron chi connectivity index (χ0n) is 10.8. The van der Waals surface area contributed by atoms with Crippen LogP contribution in [0.1, 0.15) is 18.1 Å². The lowest BCUT2D eigenvalue weighted by Crippen LogP contribution is -2.27. The van der Waals surface area contributed by atoms with Gasteiger partial charge in [-0.25, -0.2) is 0 Å². The van der Waals surface area contributed by atoms with Crippen LogP contribution in [0.25, 0.3) is 0 Å². The van der Waals surface area contributed by atoms with Gasteiger partial charge in [-0.3, -0.25) is 0 Å². The summed E-state index contributed by atoms with van der Waals surface area (Å²) in [5.41, 5.74) is 2.61. The van der Waals surface area contributed by atoms with Crippen LogP contribution in [-0.4, -0.2) is 13.2 Å². The molecule has 2 aromatic rings. The molecule has 1 heterocycles. The summed E-state index contributed by atoms with van der Waals surface area (Å²) < 4.78 is 5.35. The predicted molar refractivity (Wildman–Crippen MR) is 77.3 cm³/mol. The average molecular weight is 261 g/mol. The van der Waals surface area contributed by atoms with E-state index in [0.717, 1.165) is 18.7 Å². The van der Waals surface area contributed by atoms with Gasteiger partial charge in [-0.2, -0.15) is 11.3 Å². The molecule has 1 aromatic carbocycles. The van der Waals surface area contributed by atoms with Crippen molar-refractivity contribution in [1.82, 2.24) is 5.32 Å². The van der Waals surface area contributed by atoms with Crippen molar-refractivity contribution in [2.45, 2.75) is 25.9 Å². The molecule has 0 saturated carbocycles. The van der Waals surface area contributed by atoms with Gasteiger partial charge in [0, 0.05) is 18.2 Å². The molecule has 2 nitrogen and oxygen atoms in total. The molecule has 0 bridgehead atoms. The summed E-state index contributed by atoms with van der Waals surface area (Å²) in [6.07, 6.45) is 1.07. The van der Waals surface area contributed by atoms with Crippen molar-refractivity contribution in [3.05, 3.63) is 52.2 Å². The van der Waals surface area contributed by atoms with E-state index < -0.39 is 0 Å². The number of rotatable bonds is 6. The molecule has 2 rings (SSSR count). The first-order chi connectivity index (χ1) is 8.79. The Labute approximate surface area is 113 Å². The fourth-order valence-corrected chi connectivity index (χ4v) is 2.65. The minimum absolute atomic E-state index is 0.463. The number of para-hydroxylation sites is 1. The average Bonchev–Trinajstić information content (AvgIpc) is 2.89. The second-order valence-electron chi connectivity index (χ2n) is 4.43. The van der Waals surface area contributed by atoms with E-state index in [1.54, 1.807) is 18.4 Å². The van der Waals surface area contributed by atoms with Gasteiger partial charge in [0.1, 0.15) is 5.75 Å². The number of ether oxygens (including phenoxy) is 1. The van der Waals surface area contributed by atoms with Crippen LogP contribution in [0.3, 0.4) is 0 Å². The number of hydrogen-bond donors (Lipinski definition) is 1. The first kappa shape index (κ1) is 13.1. The maximum atomic E-state index is 5.35. The van der Waals surface area contributed by atoms with E-state index in [4.69, 9.17) is 4.74 Å². The third-order valence-electron chi connectivity index (χ3n) is 2.96. The van der Waals surface area contributed by atoms with Gasteiger partial charge >= 0.3 is 0 Å². The van der Waals surface area contributed by atoms with Crippen LogP contribution >= 0.6 is 11.3 Å². The minimum atomic E-state index is 0.463. The fraction of sp³-hybridized carbons (Fsp3) is 0.333. The van der Waals surface area contributed by atoms with Crippen LogP contribution in [0.2, 0.25) is 0 Å². The van der Waals surface area contributed by atoms with Gasteiger partial charge in [-0.1, -0.05) is 18.2 Å². The highest BCUT2D eigenvalue weighted by Crippen LogP contribution is 2.17. The topological polar surface area (TPSA) is 21.3 Å². The molecule has 0 spiro atoms.